The van der Waals surface area contributed by atoms with Crippen LogP contribution in [0.5, 0.6) is 11.5 Å². The third-order valence-corrected chi connectivity index (χ3v) is 6.52. The summed E-state index contributed by atoms with van der Waals surface area (Å²) in [5, 5.41) is 12.6. The van der Waals surface area contributed by atoms with Crippen LogP contribution < -0.4 is 14.4 Å². The second kappa shape index (κ2) is 7.98. The Balaban J connectivity index is 1.53. The fraction of sp³-hybridized carbons (Fsp3) is 0.154. The lowest BCUT2D eigenvalue weighted by Gasteiger charge is -2.47. The van der Waals surface area contributed by atoms with E-state index in [1.54, 1.807) is 52.1 Å². The maximum atomic E-state index is 13.7. The number of hydrogen-bond donors (Lipinski definition) is 0. The number of aldehydes is 1. The van der Waals surface area contributed by atoms with E-state index in [2.05, 4.69) is 0 Å². The van der Waals surface area contributed by atoms with Gasteiger partial charge in [0.15, 0.2) is 17.8 Å². The van der Waals surface area contributed by atoms with Gasteiger partial charge < -0.3 is 14.0 Å². The summed E-state index contributed by atoms with van der Waals surface area (Å²) >= 11 is 0. The van der Waals surface area contributed by atoms with Crippen molar-refractivity contribution < 1.29 is 24.0 Å². The average Bonchev–Trinajstić information content (AvgIpc) is 3.25. The summed E-state index contributed by atoms with van der Waals surface area (Å²) in [5.41, 5.74) is 2.03. The van der Waals surface area contributed by atoms with Crippen molar-refractivity contribution in [2.45, 2.75) is 12.1 Å². The molecule has 2 aliphatic heterocycles. The zero-order valence-corrected chi connectivity index (χ0v) is 18.4. The van der Waals surface area contributed by atoms with E-state index in [-0.39, 0.29) is 11.6 Å². The Kier molecular flexibility index (Phi) is 4.77. The number of nitro benzene ring substituents is 1. The first-order chi connectivity index (χ1) is 17.1. The Morgan fingerprint density at radius 2 is 1.69 bits per heavy atom. The quantitative estimate of drug-likeness (QED) is 0.185. The molecular weight excluding hydrogens is 450 g/mol. The molecule has 4 aromatic rings. The van der Waals surface area contributed by atoms with Gasteiger partial charge in [0.25, 0.3) is 11.6 Å². The van der Waals surface area contributed by atoms with Gasteiger partial charge in [-0.25, -0.2) is 0 Å². The van der Waals surface area contributed by atoms with Gasteiger partial charge >= 0.3 is 0 Å². The minimum Gasteiger partial charge on any atom is -0.486 e. The molecule has 0 radical (unpaired) electrons. The molecule has 174 valence electrons. The van der Waals surface area contributed by atoms with E-state index in [1.807, 2.05) is 24.3 Å². The molecule has 1 saturated heterocycles. The molecule has 0 bridgehead atoms. The zero-order valence-electron chi connectivity index (χ0n) is 18.4. The number of hydrogen-bond acceptors (Lipinski definition) is 6. The first-order valence-corrected chi connectivity index (χ1v) is 11.1. The fourth-order valence-corrected chi connectivity index (χ4v) is 4.98. The number of amides is 1. The highest BCUT2D eigenvalue weighted by Crippen LogP contribution is 2.51. The van der Waals surface area contributed by atoms with Crippen LogP contribution in [0.2, 0.25) is 0 Å². The highest BCUT2D eigenvalue weighted by molar-refractivity contribution is 6.07. The molecule has 2 atom stereocenters. The third kappa shape index (κ3) is 3.16. The lowest BCUT2D eigenvalue weighted by atomic mass is 9.86. The fourth-order valence-electron chi connectivity index (χ4n) is 4.98. The summed E-state index contributed by atoms with van der Waals surface area (Å²) in [6.45, 7) is 0.833. The van der Waals surface area contributed by atoms with Gasteiger partial charge in [-0.3, -0.25) is 24.6 Å². The first kappa shape index (κ1) is 20.9. The molecule has 0 spiro atoms. The van der Waals surface area contributed by atoms with Gasteiger partial charge in [0.1, 0.15) is 19.3 Å². The molecule has 1 aromatic heterocycles. The largest absolute Gasteiger partial charge is 0.486 e. The van der Waals surface area contributed by atoms with Gasteiger partial charge in [0.2, 0.25) is 0 Å². The molecule has 35 heavy (non-hydrogen) atoms. The van der Waals surface area contributed by atoms with Crippen molar-refractivity contribution in [1.29, 1.82) is 0 Å². The van der Waals surface area contributed by atoms with Crippen molar-refractivity contribution in [3.05, 3.63) is 94.2 Å². The minimum absolute atomic E-state index is 0.0791. The highest BCUT2D eigenvalue weighted by atomic mass is 16.6. The van der Waals surface area contributed by atoms with Crippen LogP contribution in [0.25, 0.3) is 10.9 Å². The number of ether oxygens (including phenoxy) is 2. The zero-order chi connectivity index (χ0) is 24.1. The predicted molar refractivity (Wildman–Crippen MR) is 127 cm³/mol. The van der Waals surface area contributed by atoms with Gasteiger partial charge in [0, 0.05) is 40.5 Å². The summed E-state index contributed by atoms with van der Waals surface area (Å²) in [4.78, 5) is 38.5. The van der Waals surface area contributed by atoms with Crippen molar-refractivity contribution in [3.8, 4) is 11.5 Å². The van der Waals surface area contributed by atoms with Crippen LogP contribution in [0.3, 0.4) is 0 Å². The Hall–Kier alpha value is -4.66. The van der Waals surface area contributed by atoms with E-state index >= 15 is 0 Å². The van der Waals surface area contributed by atoms with Gasteiger partial charge in [-0.2, -0.15) is 0 Å². The molecule has 0 aliphatic carbocycles. The second-order valence-electron chi connectivity index (χ2n) is 8.37. The SMILES string of the molecule is O=Cc1cn(C2C(=O)N(c3ccc4c(c3)OCCO4)C2c2ccccc2[N+](=O)[O-])c2ccccc12. The summed E-state index contributed by atoms with van der Waals surface area (Å²) in [6.07, 6.45) is 2.39. The number of aromatic nitrogens is 1. The van der Waals surface area contributed by atoms with Crippen molar-refractivity contribution in [3.63, 3.8) is 0 Å². The van der Waals surface area contributed by atoms with Gasteiger partial charge in [-0.05, 0) is 24.3 Å². The van der Waals surface area contributed by atoms with E-state index in [0.29, 0.717) is 47.0 Å². The molecule has 9 heteroatoms. The Labute approximate surface area is 199 Å². The molecule has 1 amide bonds. The minimum atomic E-state index is -0.775. The summed E-state index contributed by atoms with van der Waals surface area (Å²) in [5.74, 6) is 0.850. The van der Waals surface area contributed by atoms with E-state index in [4.69, 9.17) is 9.47 Å². The molecular formula is C26H19N3O6. The number of β-lactam (4-membered cyclic amide) rings is 1. The number of nitrogens with zero attached hydrogens (tertiary/aromatic N) is 3. The van der Waals surface area contributed by atoms with E-state index in [1.165, 1.54) is 6.07 Å². The Morgan fingerprint density at radius 1 is 0.943 bits per heavy atom. The van der Waals surface area contributed by atoms with E-state index in [9.17, 15) is 19.7 Å². The predicted octanol–water partition coefficient (Wildman–Crippen LogP) is 4.46. The monoisotopic (exact) mass is 469 g/mol. The molecule has 9 nitrogen and oxygen atoms in total. The highest BCUT2D eigenvalue weighted by Gasteiger charge is 2.52. The van der Waals surface area contributed by atoms with Crippen LogP contribution in [-0.4, -0.2) is 34.9 Å². The number of para-hydroxylation sites is 2. The normalized spacial score (nSPS) is 18.9. The number of fused-ring (bicyclic) bond motifs is 2. The van der Waals surface area contributed by atoms with Crippen LogP contribution in [0, 0.1) is 10.1 Å². The van der Waals surface area contributed by atoms with Gasteiger partial charge in [-0.1, -0.05) is 30.3 Å². The number of benzene rings is 3. The number of carbonyl (C=O) groups is 2. The Bertz CT molecular complexity index is 1510. The second-order valence-corrected chi connectivity index (χ2v) is 8.37. The molecule has 2 unspecified atom stereocenters. The maximum Gasteiger partial charge on any atom is 0.274 e. The van der Waals surface area contributed by atoms with Gasteiger partial charge in [-0.15, -0.1) is 0 Å². The number of carbonyl (C=O) groups excluding carboxylic acids is 2. The molecule has 6 rings (SSSR count). The van der Waals surface area contributed by atoms with Crippen molar-refractivity contribution >= 4 is 34.5 Å². The third-order valence-electron chi connectivity index (χ3n) is 6.52. The lowest BCUT2D eigenvalue weighted by molar-refractivity contribution is -0.385. The van der Waals surface area contributed by atoms with E-state index < -0.39 is 17.0 Å². The molecule has 0 saturated carbocycles. The van der Waals surface area contributed by atoms with E-state index in [0.717, 1.165) is 11.7 Å². The smallest absolute Gasteiger partial charge is 0.274 e. The summed E-state index contributed by atoms with van der Waals surface area (Å²) in [7, 11) is 0. The molecule has 3 heterocycles. The maximum absolute atomic E-state index is 13.7. The van der Waals surface area contributed by atoms with Gasteiger partial charge in [0.05, 0.1) is 16.5 Å². The van der Waals surface area contributed by atoms with Crippen LogP contribution >= 0.6 is 0 Å². The van der Waals surface area contributed by atoms with Crippen LogP contribution in [0.15, 0.2) is 72.9 Å². The Morgan fingerprint density at radius 3 is 2.49 bits per heavy atom. The summed E-state index contributed by atoms with van der Waals surface area (Å²) in [6, 6.07) is 17.5. The number of nitro groups is 1. The summed E-state index contributed by atoms with van der Waals surface area (Å²) < 4.78 is 13.0. The van der Waals surface area contributed by atoms with Crippen LogP contribution in [0.1, 0.15) is 28.0 Å². The molecule has 0 N–H and O–H groups in total. The topological polar surface area (TPSA) is 104 Å². The van der Waals surface area contributed by atoms with Crippen molar-refractivity contribution in [1.82, 2.24) is 4.57 Å². The van der Waals surface area contributed by atoms with Crippen molar-refractivity contribution in [2.75, 3.05) is 18.1 Å². The number of anilines is 1. The van der Waals surface area contributed by atoms with Crippen LogP contribution in [0.4, 0.5) is 11.4 Å². The van der Waals surface area contributed by atoms with Crippen molar-refractivity contribution in [2.24, 2.45) is 0 Å². The first-order valence-electron chi connectivity index (χ1n) is 11.1. The standard InChI is InChI=1S/C26H19N3O6/c30-15-16-14-27(20-7-3-1-5-18(16)20)25-24(19-6-2-4-8-21(19)29(32)33)28(26(25)31)17-9-10-22-23(13-17)35-12-11-34-22/h1-10,13-15,24-25H,11-12H2. The molecule has 3 aromatic carbocycles. The molecule has 2 aliphatic rings. The average molecular weight is 469 g/mol. The molecule has 1 fully saturated rings. The lowest BCUT2D eigenvalue weighted by Crippen LogP contribution is -2.56. The van der Waals surface area contributed by atoms with Crippen LogP contribution in [-0.2, 0) is 4.79 Å². The number of rotatable bonds is 5.